The first-order valence-corrected chi connectivity index (χ1v) is 7.90. The van der Waals surface area contributed by atoms with Gasteiger partial charge in [0.05, 0.1) is 17.6 Å². The molecule has 0 aliphatic heterocycles. The van der Waals surface area contributed by atoms with E-state index in [4.69, 9.17) is 0 Å². The fraction of sp³-hybridized carbons (Fsp3) is 0.353. The lowest BCUT2D eigenvalue weighted by atomic mass is 10.3. The van der Waals surface area contributed by atoms with Gasteiger partial charge in [-0.3, -0.25) is 4.79 Å². The monoisotopic (exact) mass is 309 g/mol. The van der Waals surface area contributed by atoms with Gasteiger partial charge in [-0.25, -0.2) is 9.97 Å². The molecule has 6 nitrogen and oxygen atoms in total. The molecule has 2 heterocycles. The van der Waals surface area contributed by atoms with Gasteiger partial charge in [-0.15, -0.1) is 0 Å². The van der Waals surface area contributed by atoms with Gasteiger partial charge in [-0.2, -0.15) is 0 Å². The maximum Gasteiger partial charge on any atom is 0.272 e. The molecule has 0 spiro atoms. The molecule has 0 bridgehead atoms. The van der Waals surface area contributed by atoms with Crippen LogP contribution in [0.5, 0.6) is 0 Å². The van der Waals surface area contributed by atoms with Crippen LogP contribution in [0.2, 0.25) is 0 Å². The van der Waals surface area contributed by atoms with Crippen molar-refractivity contribution < 1.29 is 4.79 Å². The number of rotatable bonds is 4. The van der Waals surface area contributed by atoms with Gasteiger partial charge in [-0.05, 0) is 38.8 Å². The lowest BCUT2D eigenvalue weighted by Crippen LogP contribution is -2.25. The van der Waals surface area contributed by atoms with Crippen molar-refractivity contribution in [3.63, 3.8) is 0 Å². The van der Waals surface area contributed by atoms with Crippen molar-refractivity contribution >= 4 is 16.9 Å². The largest absolute Gasteiger partial charge is 0.346 e. The number of hydrogen-bond acceptors (Lipinski definition) is 3. The molecule has 0 atom stereocenters. The summed E-state index contributed by atoms with van der Waals surface area (Å²) in [5.41, 5.74) is 3.37. The van der Waals surface area contributed by atoms with Gasteiger partial charge in [0, 0.05) is 11.7 Å². The lowest BCUT2D eigenvalue weighted by Gasteiger charge is -2.08. The maximum atomic E-state index is 12.3. The van der Waals surface area contributed by atoms with Crippen LogP contribution in [0.4, 0.5) is 0 Å². The Balaban J connectivity index is 1.59. The van der Waals surface area contributed by atoms with Gasteiger partial charge in [0.15, 0.2) is 0 Å². The number of carbonyl (C=O) groups is 1. The molecule has 6 heteroatoms. The first-order chi connectivity index (χ1) is 11.1. The van der Waals surface area contributed by atoms with E-state index in [1.165, 1.54) is 12.8 Å². The molecule has 1 amide bonds. The Morgan fingerprint density at radius 1 is 1.30 bits per heavy atom. The number of nitrogens with one attached hydrogen (secondary N) is 2. The number of amides is 1. The lowest BCUT2D eigenvalue weighted by molar-refractivity contribution is 0.0944. The molecule has 23 heavy (non-hydrogen) atoms. The van der Waals surface area contributed by atoms with Crippen LogP contribution in [-0.4, -0.2) is 25.4 Å². The van der Waals surface area contributed by atoms with Crippen LogP contribution in [-0.2, 0) is 6.54 Å². The zero-order valence-corrected chi connectivity index (χ0v) is 13.3. The summed E-state index contributed by atoms with van der Waals surface area (Å²) in [5, 5.41) is 2.95. The van der Waals surface area contributed by atoms with Crippen LogP contribution < -0.4 is 5.32 Å². The van der Waals surface area contributed by atoms with Gasteiger partial charge in [0.2, 0.25) is 0 Å². The van der Waals surface area contributed by atoms with Gasteiger partial charge in [0.25, 0.3) is 5.91 Å². The molecule has 2 N–H and O–H groups in total. The Labute approximate surface area is 133 Å². The van der Waals surface area contributed by atoms with Crippen LogP contribution in [0.3, 0.4) is 0 Å². The number of aryl methyl sites for hydroxylation is 2. The number of imidazole rings is 2. The van der Waals surface area contributed by atoms with E-state index in [0.29, 0.717) is 18.3 Å². The molecule has 0 radical (unpaired) electrons. The highest BCUT2D eigenvalue weighted by atomic mass is 16.1. The second kappa shape index (κ2) is 5.22. The Kier molecular flexibility index (Phi) is 3.18. The zero-order chi connectivity index (χ0) is 16.0. The predicted molar refractivity (Wildman–Crippen MR) is 87.2 cm³/mol. The number of fused-ring (bicyclic) bond motifs is 1. The van der Waals surface area contributed by atoms with Crippen molar-refractivity contribution in [2.24, 2.45) is 0 Å². The molecule has 0 unspecified atom stereocenters. The highest BCUT2D eigenvalue weighted by Gasteiger charge is 2.28. The van der Waals surface area contributed by atoms with Crippen LogP contribution in [0, 0.1) is 13.8 Å². The van der Waals surface area contributed by atoms with Crippen molar-refractivity contribution in [3.8, 4) is 0 Å². The summed E-state index contributed by atoms with van der Waals surface area (Å²) in [4.78, 5) is 24.3. The van der Waals surface area contributed by atoms with Crippen molar-refractivity contribution in [3.05, 3.63) is 47.3 Å². The standard InChI is InChI=1S/C17H19N5O/c1-10-16(20-11(2)19-10)17(23)18-9-15-21-13-5-3-4-6-14(13)22(15)12-7-8-12/h3-6,12H,7-9H2,1-2H3,(H,18,23)(H,19,20). The number of H-pyrrole nitrogens is 1. The minimum atomic E-state index is -0.166. The predicted octanol–water partition coefficient (Wildman–Crippen LogP) is 2.64. The Hall–Kier alpha value is -2.63. The molecule has 118 valence electrons. The Morgan fingerprint density at radius 2 is 2.09 bits per heavy atom. The summed E-state index contributed by atoms with van der Waals surface area (Å²) in [5.74, 6) is 1.49. The molecule has 1 saturated carbocycles. The van der Waals surface area contributed by atoms with E-state index in [1.807, 2.05) is 32.0 Å². The summed E-state index contributed by atoms with van der Waals surface area (Å²) in [6.45, 7) is 4.11. The van der Waals surface area contributed by atoms with Gasteiger partial charge in [-0.1, -0.05) is 12.1 Å². The summed E-state index contributed by atoms with van der Waals surface area (Å²) in [7, 11) is 0. The normalized spacial score (nSPS) is 14.3. The molecule has 1 aromatic carbocycles. The van der Waals surface area contributed by atoms with Gasteiger partial charge >= 0.3 is 0 Å². The summed E-state index contributed by atoms with van der Waals surface area (Å²) in [6.07, 6.45) is 2.36. The highest BCUT2D eigenvalue weighted by Crippen LogP contribution is 2.38. The number of para-hydroxylation sites is 2. The van der Waals surface area contributed by atoms with E-state index < -0.39 is 0 Å². The summed E-state index contributed by atoms with van der Waals surface area (Å²) in [6, 6.07) is 8.64. The quantitative estimate of drug-likeness (QED) is 0.778. The molecule has 2 aromatic heterocycles. The minimum absolute atomic E-state index is 0.166. The number of nitrogens with zero attached hydrogens (tertiary/aromatic N) is 3. The Bertz CT molecular complexity index is 888. The van der Waals surface area contributed by atoms with Crippen LogP contribution in [0.1, 0.15) is 46.7 Å². The second-order valence-electron chi connectivity index (χ2n) is 6.10. The molecular weight excluding hydrogens is 290 g/mol. The first-order valence-electron chi connectivity index (χ1n) is 7.90. The van der Waals surface area contributed by atoms with Crippen LogP contribution in [0.15, 0.2) is 24.3 Å². The number of aromatic nitrogens is 4. The molecule has 1 aliphatic carbocycles. The molecule has 1 fully saturated rings. The average Bonchev–Trinajstić information content (AvgIpc) is 3.21. The Morgan fingerprint density at radius 3 is 2.78 bits per heavy atom. The molecule has 0 saturated heterocycles. The van der Waals surface area contributed by atoms with Gasteiger partial charge < -0.3 is 14.9 Å². The van der Waals surface area contributed by atoms with E-state index in [-0.39, 0.29) is 5.91 Å². The van der Waals surface area contributed by atoms with Crippen molar-refractivity contribution in [2.75, 3.05) is 0 Å². The topological polar surface area (TPSA) is 75.6 Å². The van der Waals surface area contributed by atoms with E-state index in [0.717, 1.165) is 28.4 Å². The van der Waals surface area contributed by atoms with E-state index in [1.54, 1.807) is 0 Å². The number of benzene rings is 1. The van der Waals surface area contributed by atoms with Crippen molar-refractivity contribution in [2.45, 2.75) is 39.3 Å². The third-order valence-corrected chi connectivity index (χ3v) is 4.21. The fourth-order valence-electron chi connectivity index (χ4n) is 3.03. The smallest absolute Gasteiger partial charge is 0.272 e. The molecule has 4 rings (SSSR count). The summed E-state index contributed by atoms with van der Waals surface area (Å²) >= 11 is 0. The highest BCUT2D eigenvalue weighted by molar-refractivity contribution is 5.93. The number of hydrogen-bond donors (Lipinski definition) is 2. The maximum absolute atomic E-state index is 12.3. The zero-order valence-electron chi connectivity index (χ0n) is 13.3. The minimum Gasteiger partial charge on any atom is -0.346 e. The van der Waals surface area contributed by atoms with E-state index in [2.05, 4.69) is 30.9 Å². The first kappa shape index (κ1) is 14.0. The number of aromatic amines is 1. The van der Waals surface area contributed by atoms with Gasteiger partial charge in [0.1, 0.15) is 17.3 Å². The molecular formula is C17H19N5O. The van der Waals surface area contributed by atoms with Crippen LogP contribution in [0.25, 0.3) is 11.0 Å². The summed E-state index contributed by atoms with van der Waals surface area (Å²) < 4.78 is 2.26. The third-order valence-electron chi connectivity index (χ3n) is 4.21. The second-order valence-corrected chi connectivity index (χ2v) is 6.10. The number of carbonyl (C=O) groups excluding carboxylic acids is 1. The SMILES string of the molecule is Cc1nc(C(=O)NCc2nc3ccccc3n2C2CC2)c(C)[nH]1. The third kappa shape index (κ3) is 2.50. The van der Waals surface area contributed by atoms with E-state index in [9.17, 15) is 4.79 Å². The molecule has 3 aromatic rings. The van der Waals surface area contributed by atoms with E-state index >= 15 is 0 Å². The average molecular weight is 309 g/mol. The fourth-order valence-corrected chi connectivity index (χ4v) is 3.03. The van der Waals surface area contributed by atoms with Crippen molar-refractivity contribution in [1.82, 2.24) is 24.8 Å². The van der Waals surface area contributed by atoms with Crippen molar-refractivity contribution in [1.29, 1.82) is 0 Å². The van der Waals surface area contributed by atoms with Crippen LogP contribution >= 0.6 is 0 Å². The molecule has 1 aliphatic rings.